The second-order valence-electron chi connectivity index (χ2n) is 5.33. The Morgan fingerprint density at radius 2 is 1.75 bits per heavy atom. The van der Waals surface area contributed by atoms with Crippen LogP contribution in [-0.2, 0) is 9.73 Å². The first-order valence-corrected chi connectivity index (χ1v) is 6.12. The van der Waals surface area contributed by atoms with Crippen molar-refractivity contribution in [2.45, 2.75) is 49.5 Å². The van der Waals surface area contributed by atoms with Crippen LogP contribution in [0.2, 0.25) is 0 Å². The first-order chi connectivity index (χ1) is 5.29. The van der Waals surface area contributed by atoms with E-state index in [1.165, 1.54) is 0 Å². The fraction of sp³-hybridized carbons (Fsp3) is 1.00. The standard InChI is InChI=1S/C9H17NOS/c1-8(2,3)12(10,11)9-4-7(5-9)6-9/h7,10H,4-6H2,1-3H3. The summed E-state index contributed by atoms with van der Waals surface area (Å²) in [5.41, 5.74) is 0. The minimum atomic E-state index is -2.37. The molecule has 0 aromatic heterocycles. The molecule has 0 saturated heterocycles. The lowest BCUT2D eigenvalue weighted by Crippen LogP contribution is -2.65. The molecule has 1 N–H and O–H groups in total. The third-order valence-corrected chi connectivity index (χ3v) is 6.90. The van der Waals surface area contributed by atoms with Gasteiger partial charge in [0.1, 0.15) is 0 Å². The van der Waals surface area contributed by atoms with Gasteiger partial charge in [0.05, 0.1) is 14.5 Å². The number of hydrogen-bond donors (Lipinski definition) is 1. The van der Waals surface area contributed by atoms with Crippen molar-refractivity contribution in [1.29, 1.82) is 4.78 Å². The maximum atomic E-state index is 12.2. The molecule has 2 nitrogen and oxygen atoms in total. The quantitative estimate of drug-likeness (QED) is 0.672. The molecule has 3 aliphatic rings. The normalized spacial score (nSPS) is 44.1. The van der Waals surface area contributed by atoms with E-state index in [4.69, 9.17) is 4.78 Å². The summed E-state index contributed by atoms with van der Waals surface area (Å²) in [6.07, 6.45) is 3.19. The Morgan fingerprint density at radius 3 is 1.83 bits per heavy atom. The summed E-state index contributed by atoms with van der Waals surface area (Å²) in [4.78, 5) is 0. The second kappa shape index (κ2) is 1.89. The van der Waals surface area contributed by atoms with Gasteiger partial charge in [-0.2, -0.15) is 0 Å². The third-order valence-electron chi connectivity index (χ3n) is 3.45. The summed E-state index contributed by atoms with van der Waals surface area (Å²) in [6, 6.07) is 0. The van der Waals surface area contributed by atoms with Gasteiger partial charge in [0.15, 0.2) is 0 Å². The van der Waals surface area contributed by atoms with Crippen LogP contribution in [0.5, 0.6) is 0 Å². The van der Waals surface area contributed by atoms with Crippen LogP contribution in [0.1, 0.15) is 40.0 Å². The molecule has 1 atom stereocenters. The van der Waals surface area contributed by atoms with E-state index < -0.39 is 9.73 Å². The molecule has 0 heterocycles. The lowest BCUT2D eigenvalue weighted by Gasteiger charge is -2.63. The molecule has 0 aromatic rings. The minimum Gasteiger partial charge on any atom is -0.252 e. The lowest BCUT2D eigenvalue weighted by atomic mass is 9.55. The molecule has 0 aromatic carbocycles. The van der Waals surface area contributed by atoms with Crippen molar-refractivity contribution in [2.24, 2.45) is 5.92 Å². The molecule has 1 unspecified atom stereocenters. The van der Waals surface area contributed by atoms with Crippen molar-refractivity contribution in [3.63, 3.8) is 0 Å². The van der Waals surface area contributed by atoms with Crippen LogP contribution in [0.15, 0.2) is 0 Å². The summed E-state index contributed by atoms with van der Waals surface area (Å²) >= 11 is 0. The van der Waals surface area contributed by atoms with Crippen molar-refractivity contribution in [1.82, 2.24) is 0 Å². The van der Waals surface area contributed by atoms with Crippen molar-refractivity contribution < 1.29 is 4.21 Å². The first-order valence-electron chi connectivity index (χ1n) is 4.56. The molecular weight excluding hydrogens is 170 g/mol. The Morgan fingerprint density at radius 1 is 1.33 bits per heavy atom. The van der Waals surface area contributed by atoms with E-state index in [1.54, 1.807) is 0 Å². The highest BCUT2D eigenvalue weighted by Crippen LogP contribution is 2.63. The number of nitrogens with one attached hydrogen (secondary N) is 1. The Hall–Kier alpha value is -0.0500. The molecule has 3 saturated carbocycles. The van der Waals surface area contributed by atoms with Crippen LogP contribution in [-0.4, -0.2) is 13.7 Å². The molecule has 2 bridgehead atoms. The molecular formula is C9H17NOS. The monoisotopic (exact) mass is 187 g/mol. The zero-order valence-electron chi connectivity index (χ0n) is 8.02. The van der Waals surface area contributed by atoms with E-state index in [-0.39, 0.29) is 9.49 Å². The van der Waals surface area contributed by atoms with Crippen LogP contribution < -0.4 is 0 Å². The van der Waals surface area contributed by atoms with Crippen molar-refractivity contribution in [3.05, 3.63) is 0 Å². The van der Waals surface area contributed by atoms with Gasteiger partial charge in [0.2, 0.25) is 0 Å². The Kier molecular flexibility index (Phi) is 1.35. The molecule has 3 heteroatoms. The van der Waals surface area contributed by atoms with Crippen LogP contribution in [0.4, 0.5) is 0 Å². The molecule has 3 fully saturated rings. The zero-order valence-corrected chi connectivity index (χ0v) is 8.83. The topological polar surface area (TPSA) is 40.9 Å². The van der Waals surface area contributed by atoms with Crippen LogP contribution >= 0.6 is 0 Å². The van der Waals surface area contributed by atoms with E-state index in [9.17, 15) is 4.21 Å². The molecule has 0 aliphatic heterocycles. The molecule has 3 aliphatic carbocycles. The van der Waals surface area contributed by atoms with Gasteiger partial charge in [-0.05, 0) is 46.0 Å². The highest BCUT2D eigenvalue weighted by atomic mass is 32.2. The van der Waals surface area contributed by atoms with E-state index in [1.807, 2.05) is 20.8 Å². The highest BCUT2D eigenvalue weighted by molar-refractivity contribution is 7.95. The molecule has 12 heavy (non-hydrogen) atoms. The van der Waals surface area contributed by atoms with Crippen LogP contribution in [0.3, 0.4) is 0 Å². The van der Waals surface area contributed by atoms with Gasteiger partial charge in [-0.3, -0.25) is 4.78 Å². The maximum Gasteiger partial charge on any atom is 0.0552 e. The summed E-state index contributed by atoms with van der Waals surface area (Å²) in [5.74, 6) is 0.818. The second-order valence-corrected chi connectivity index (χ2v) is 8.53. The Balaban J connectivity index is 2.33. The van der Waals surface area contributed by atoms with Gasteiger partial charge in [-0.15, -0.1) is 0 Å². The third kappa shape index (κ3) is 0.734. The van der Waals surface area contributed by atoms with Gasteiger partial charge in [-0.25, -0.2) is 4.21 Å². The Labute approximate surface area is 74.7 Å². The minimum absolute atomic E-state index is 0.0596. The predicted molar refractivity (Wildman–Crippen MR) is 50.7 cm³/mol. The van der Waals surface area contributed by atoms with Gasteiger partial charge >= 0.3 is 0 Å². The van der Waals surface area contributed by atoms with Gasteiger partial charge in [0.25, 0.3) is 0 Å². The molecule has 0 radical (unpaired) electrons. The first kappa shape index (κ1) is 8.54. The highest BCUT2D eigenvalue weighted by Gasteiger charge is 2.64. The van der Waals surface area contributed by atoms with Gasteiger partial charge in [0, 0.05) is 4.75 Å². The maximum absolute atomic E-state index is 12.2. The van der Waals surface area contributed by atoms with Crippen LogP contribution in [0.25, 0.3) is 0 Å². The Bertz CT molecular complexity index is 293. The van der Waals surface area contributed by atoms with E-state index in [0.717, 1.165) is 25.2 Å². The lowest BCUT2D eigenvalue weighted by molar-refractivity contribution is 0.0496. The molecule has 3 rings (SSSR count). The van der Waals surface area contributed by atoms with Crippen LogP contribution in [0, 0.1) is 10.7 Å². The van der Waals surface area contributed by atoms with Gasteiger partial charge in [-0.1, -0.05) is 0 Å². The number of rotatable bonds is 1. The number of hydrogen-bond acceptors (Lipinski definition) is 2. The van der Waals surface area contributed by atoms with Crippen molar-refractivity contribution in [2.75, 3.05) is 0 Å². The summed E-state index contributed by atoms with van der Waals surface area (Å²) in [6.45, 7) is 5.80. The average molecular weight is 187 g/mol. The average Bonchev–Trinajstić information content (AvgIpc) is 1.48. The van der Waals surface area contributed by atoms with E-state index >= 15 is 0 Å². The van der Waals surface area contributed by atoms with Gasteiger partial charge < -0.3 is 0 Å². The summed E-state index contributed by atoms with van der Waals surface area (Å²) in [5, 5.41) is 0. The van der Waals surface area contributed by atoms with Crippen molar-refractivity contribution >= 4 is 9.73 Å². The molecule has 0 amide bonds. The summed E-state index contributed by atoms with van der Waals surface area (Å²) < 4.78 is 19.8. The fourth-order valence-electron chi connectivity index (χ4n) is 2.40. The van der Waals surface area contributed by atoms with E-state index in [2.05, 4.69) is 0 Å². The predicted octanol–water partition coefficient (Wildman–Crippen LogP) is 2.38. The largest absolute Gasteiger partial charge is 0.252 e. The molecule has 0 spiro atoms. The zero-order chi connectivity index (χ0) is 9.20. The van der Waals surface area contributed by atoms with Crippen molar-refractivity contribution in [3.8, 4) is 0 Å². The molecule has 70 valence electrons. The smallest absolute Gasteiger partial charge is 0.0552 e. The summed E-state index contributed by atoms with van der Waals surface area (Å²) in [7, 11) is -2.37. The van der Waals surface area contributed by atoms with E-state index in [0.29, 0.717) is 0 Å². The SMILES string of the molecule is CC(C)(C)S(=N)(=O)C12CC(C1)C2. The fourth-order valence-corrected chi connectivity index (χ4v) is 5.11.